The van der Waals surface area contributed by atoms with Gasteiger partial charge in [0.1, 0.15) is 5.82 Å². The highest BCUT2D eigenvalue weighted by Crippen LogP contribution is 2.31. The van der Waals surface area contributed by atoms with Crippen LogP contribution in [0.2, 0.25) is 0 Å². The Labute approximate surface area is 212 Å². The van der Waals surface area contributed by atoms with Gasteiger partial charge >= 0.3 is 6.18 Å². The molecule has 2 saturated heterocycles. The van der Waals surface area contributed by atoms with Gasteiger partial charge in [-0.25, -0.2) is 0 Å². The van der Waals surface area contributed by atoms with Gasteiger partial charge in [-0.05, 0) is 48.6 Å². The number of aromatic nitrogens is 4. The highest BCUT2D eigenvalue weighted by Gasteiger charge is 2.38. The first-order valence-corrected chi connectivity index (χ1v) is 12.5. The van der Waals surface area contributed by atoms with Crippen LogP contribution in [0.3, 0.4) is 0 Å². The predicted octanol–water partition coefficient (Wildman–Crippen LogP) is 2.93. The molecule has 0 spiro atoms. The minimum Gasteiger partial charge on any atom is -0.379 e. The molecular formula is C25H30F3N7O2. The summed E-state index contributed by atoms with van der Waals surface area (Å²) in [7, 11) is 1.83. The molecule has 1 amide bonds. The highest BCUT2D eigenvalue weighted by molar-refractivity contribution is 5.94. The third-order valence-electron chi connectivity index (χ3n) is 7.15. The molecule has 2 aliphatic rings. The Bertz CT molecular complexity index is 1220. The van der Waals surface area contributed by atoms with E-state index in [2.05, 4.69) is 20.2 Å². The summed E-state index contributed by atoms with van der Waals surface area (Å²) in [5.74, 6) is -0.343. The first-order valence-electron chi connectivity index (χ1n) is 12.5. The Morgan fingerprint density at radius 2 is 1.73 bits per heavy atom. The van der Waals surface area contributed by atoms with Crippen LogP contribution in [0.4, 0.5) is 19.0 Å². The Kier molecular flexibility index (Phi) is 7.29. The van der Waals surface area contributed by atoms with E-state index in [1.807, 2.05) is 36.2 Å². The van der Waals surface area contributed by atoms with E-state index in [0.29, 0.717) is 36.9 Å². The number of fused-ring (bicyclic) bond motifs is 1. The zero-order valence-corrected chi connectivity index (χ0v) is 20.7. The van der Waals surface area contributed by atoms with Crippen molar-refractivity contribution in [1.82, 2.24) is 29.6 Å². The maximum Gasteiger partial charge on any atom is 0.453 e. The second kappa shape index (κ2) is 10.6. The monoisotopic (exact) mass is 517 g/mol. The summed E-state index contributed by atoms with van der Waals surface area (Å²) >= 11 is 0. The van der Waals surface area contributed by atoms with Crippen LogP contribution < -0.4 is 4.90 Å². The Balaban J connectivity index is 1.16. The summed E-state index contributed by atoms with van der Waals surface area (Å²) in [6.07, 6.45) is -2.95. The number of anilines is 1. The number of piperidine rings is 1. The second-order valence-corrected chi connectivity index (χ2v) is 9.55. The number of alkyl halides is 3. The summed E-state index contributed by atoms with van der Waals surface area (Å²) < 4.78 is 45.7. The molecule has 4 heterocycles. The number of morpholine rings is 1. The summed E-state index contributed by atoms with van der Waals surface area (Å²) in [6, 6.07) is 11.0. The number of benzene rings is 1. The van der Waals surface area contributed by atoms with Gasteiger partial charge in [0.15, 0.2) is 5.65 Å². The summed E-state index contributed by atoms with van der Waals surface area (Å²) in [5, 5.41) is 11.0. The Morgan fingerprint density at radius 1 is 1.03 bits per heavy atom. The maximum absolute atomic E-state index is 13.2. The van der Waals surface area contributed by atoms with Crippen molar-refractivity contribution < 1.29 is 22.7 Å². The zero-order valence-electron chi connectivity index (χ0n) is 20.7. The Morgan fingerprint density at radius 3 is 2.41 bits per heavy atom. The van der Waals surface area contributed by atoms with E-state index in [4.69, 9.17) is 4.74 Å². The van der Waals surface area contributed by atoms with E-state index in [9.17, 15) is 18.0 Å². The summed E-state index contributed by atoms with van der Waals surface area (Å²) in [5.41, 5.74) is 1.89. The molecule has 0 bridgehead atoms. The van der Waals surface area contributed by atoms with Crippen LogP contribution in [0.1, 0.15) is 40.5 Å². The van der Waals surface area contributed by atoms with E-state index < -0.39 is 12.0 Å². The molecule has 37 heavy (non-hydrogen) atoms. The molecule has 2 fully saturated rings. The number of hydrogen-bond acceptors (Lipinski definition) is 7. The molecule has 12 heteroatoms. The smallest absolute Gasteiger partial charge is 0.379 e. The van der Waals surface area contributed by atoms with E-state index in [1.54, 1.807) is 11.0 Å². The number of carbonyl (C=O) groups is 1. The van der Waals surface area contributed by atoms with Crippen LogP contribution in [0.15, 0.2) is 36.4 Å². The minimum atomic E-state index is -4.62. The van der Waals surface area contributed by atoms with Crippen molar-refractivity contribution in [3.63, 3.8) is 0 Å². The number of halogens is 3. The summed E-state index contributed by atoms with van der Waals surface area (Å²) in [6.45, 7) is 6.10. The number of nitrogens with zero attached hydrogens (tertiary/aromatic N) is 7. The quantitative estimate of drug-likeness (QED) is 0.498. The fourth-order valence-corrected chi connectivity index (χ4v) is 4.90. The van der Waals surface area contributed by atoms with Gasteiger partial charge in [-0.15, -0.1) is 15.3 Å². The number of carbonyl (C=O) groups excluding carboxylic acids is 1. The minimum absolute atomic E-state index is 0.00307. The standard InChI is InChI=1S/C25H30F3N7O2/c1-32(12-13-33-14-16-37-17-15-33)23(36)20-4-2-18(3-5-20)19-8-10-34(11-9-19)22-7-6-21-29-30-24(25(26,27)28)35(21)31-22/h2-7,19H,8-17H2,1H3. The maximum atomic E-state index is 13.2. The lowest BCUT2D eigenvalue weighted by Gasteiger charge is -2.33. The molecule has 0 N–H and O–H groups in total. The third-order valence-corrected chi connectivity index (χ3v) is 7.15. The average molecular weight is 518 g/mol. The first-order chi connectivity index (χ1) is 17.8. The number of likely N-dealkylation sites (N-methyl/N-ethyl adjacent to an activating group) is 1. The lowest BCUT2D eigenvalue weighted by atomic mass is 9.89. The number of rotatable bonds is 6. The molecular weight excluding hydrogens is 487 g/mol. The first kappa shape index (κ1) is 25.4. The van der Waals surface area contributed by atoms with E-state index in [1.165, 1.54) is 6.07 Å². The van der Waals surface area contributed by atoms with Gasteiger partial charge in [-0.1, -0.05) is 12.1 Å². The molecule has 2 aromatic heterocycles. The zero-order chi connectivity index (χ0) is 26.0. The van der Waals surface area contributed by atoms with Crippen LogP contribution in [0.5, 0.6) is 0 Å². The molecule has 9 nitrogen and oxygen atoms in total. The average Bonchev–Trinajstić information content (AvgIpc) is 3.36. The van der Waals surface area contributed by atoms with Crippen molar-refractivity contribution in [1.29, 1.82) is 0 Å². The van der Waals surface area contributed by atoms with Crippen LogP contribution >= 0.6 is 0 Å². The van der Waals surface area contributed by atoms with Gasteiger partial charge in [0.2, 0.25) is 0 Å². The number of amides is 1. The van der Waals surface area contributed by atoms with Gasteiger partial charge in [0, 0.05) is 51.9 Å². The predicted molar refractivity (Wildman–Crippen MR) is 131 cm³/mol. The van der Waals surface area contributed by atoms with Crippen LogP contribution in [0.25, 0.3) is 5.65 Å². The molecule has 0 radical (unpaired) electrons. The topological polar surface area (TPSA) is 79.1 Å². The van der Waals surface area contributed by atoms with Crippen molar-refractivity contribution in [3.8, 4) is 0 Å². The lowest BCUT2D eigenvalue weighted by molar-refractivity contribution is -0.146. The fourth-order valence-electron chi connectivity index (χ4n) is 4.90. The molecule has 3 aromatic rings. The van der Waals surface area contributed by atoms with Gasteiger partial charge in [0.05, 0.1) is 13.2 Å². The largest absolute Gasteiger partial charge is 0.453 e. The van der Waals surface area contributed by atoms with Crippen LogP contribution in [-0.4, -0.2) is 95.0 Å². The van der Waals surface area contributed by atoms with Crippen LogP contribution in [-0.2, 0) is 10.9 Å². The molecule has 0 aliphatic carbocycles. The molecule has 1 aromatic carbocycles. The molecule has 0 saturated carbocycles. The van der Waals surface area contributed by atoms with E-state index in [-0.39, 0.29) is 11.6 Å². The van der Waals surface area contributed by atoms with Gasteiger partial charge < -0.3 is 14.5 Å². The third kappa shape index (κ3) is 5.69. The SMILES string of the molecule is CN(CCN1CCOCC1)C(=O)c1ccc(C2CCN(c3ccc4nnc(C(F)(F)F)n4n3)CC2)cc1. The molecule has 198 valence electrons. The molecule has 5 rings (SSSR count). The summed E-state index contributed by atoms with van der Waals surface area (Å²) in [4.78, 5) is 18.9. The number of hydrogen-bond donors (Lipinski definition) is 0. The normalized spacial score (nSPS) is 17.9. The van der Waals surface area contributed by atoms with E-state index in [0.717, 1.165) is 55.8 Å². The van der Waals surface area contributed by atoms with Gasteiger partial charge in [0.25, 0.3) is 11.7 Å². The van der Waals surface area contributed by atoms with Crippen molar-refractivity contribution in [2.75, 3.05) is 64.4 Å². The molecule has 2 aliphatic heterocycles. The van der Waals surface area contributed by atoms with Crippen molar-refractivity contribution >= 4 is 17.4 Å². The van der Waals surface area contributed by atoms with Crippen molar-refractivity contribution in [3.05, 3.63) is 53.3 Å². The second-order valence-electron chi connectivity index (χ2n) is 9.55. The fraction of sp³-hybridized carbons (Fsp3) is 0.520. The van der Waals surface area contributed by atoms with Gasteiger partial charge in [-0.3, -0.25) is 9.69 Å². The van der Waals surface area contributed by atoms with Gasteiger partial charge in [-0.2, -0.15) is 17.7 Å². The lowest BCUT2D eigenvalue weighted by Crippen LogP contribution is -2.41. The van der Waals surface area contributed by atoms with Crippen molar-refractivity contribution in [2.24, 2.45) is 0 Å². The van der Waals surface area contributed by atoms with Crippen molar-refractivity contribution in [2.45, 2.75) is 24.9 Å². The Hall–Kier alpha value is -3.25. The number of ether oxygens (including phenoxy) is 1. The highest BCUT2D eigenvalue weighted by atomic mass is 19.4. The van der Waals surface area contributed by atoms with E-state index >= 15 is 0 Å². The van der Waals surface area contributed by atoms with Crippen LogP contribution in [0, 0.1) is 0 Å². The molecule has 0 atom stereocenters. The molecule has 0 unspecified atom stereocenters.